The molecule has 0 aliphatic carbocycles. The molecule has 23 heavy (non-hydrogen) atoms. The third-order valence-corrected chi connectivity index (χ3v) is 3.60. The Balaban J connectivity index is 2.39. The zero-order valence-corrected chi connectivity index (χ0v) is 13.7. The van der Waals surface area contributed by atoms with Crippen LogP contribution in [0.25, 0.3) is 11.6 Å². The number of hydrogen-bond donors (Lipinski definition) is 3. The highest BCUT2D eigenvalue weighted by Crippen LogP contribution is 2.22. The lowest BCUT2D eigenvalue weighted by Gasteiger charge is -2.25. The van der Waals surface area contributed by atoms with Gasteiger partial charge in [0, 0.05) is 13.1 Å². The average molecular weight is 321 g/mol. The normalized spacial score (nSPS) is 12.3. The van der Waals surface area contributed by atoms with Crippen molar-refractivity contribution in [3.63, 3.8) is 0 Å². The molecule has 0 saturated carbocycles. The third kappa shape index (κ3) is 3.79. The molecule has 0 aromatic carbocycles. The highest BCUT2D eigenvalue weighted by Gasteiger charge is 2.19. The van der Waals surface area contributed by atoms with Crippen molar-refractivity contribution in [3.8, 4) is 11.6 Å². The van der Waals surface area contributed by atoms with E-state index >= 15 is 0 Å². The van der Waals surface area contributed by atoms with E-state index in [1.807, 2.05) is 4.90 Å². The van der Waals surface area contributed by atoms with E-state index in [4.69, 9.17) is 15.9 Å². The Morgan fingerprint density at radius 1 is 1.30 bits per heavy atom. The number of hydrogen-bond acceptors (Lipinski definition) is 8. The number of rotatable bonds is 7. The molecule has 126 valence electrons. The summed E-state index contributed by atoms with van der Waals surface area (Å²) in [5.74, 6) is 0.911. The van der Waals surface area contributed by atoms with Gasteiger partial charge in [0.1, 0.15) is 5.69 Å². The van der Waals surface area contributed by atoms with E-state index in [0.717, 1.165) is 25.9 Å². The first kappa shape index (κ1) is 16.8. The number of nitrogens with one attached hydrogen (secondary N) is 1. The average Bonchev–Trinajstić information content (AvgIpc) is 2.95. The van der Waals surface area contributed by atoms with Crippen LogP contribution < -0.4 is 21.9 Å². The Hall–Kier alpha value is -2.58. The maximum atomic E-state index is 12.4. The number of aromatic amines is 1. The lowest BCUT2D eigenvalue weighted by atomic mass is 10.1. The molecule has 2 rings (SSSR count). The molecule has 0 saturated heterocycles. The second-order valence-corrected chi connectivity index (χ2v) is 5.55. The Kier molecular flexibility index (Phi) is 5.20. The van der Waals surface area contributed by atoms with E-state index in [1.54, 1.807) is 0 Å². The molecule has 2 aromatic rings. The fraction of sp³-hybridized carbons (Fsp3) is 0.571. The van der Waals surface area contributed by atoms with Gasteiger partial charge in [0.15, 0.2) is 11.6 Å². The Morgan fingerprint density at radius 3 is 2.61 bits per heavy atom. The van der Waals surface area contributed by atoms with Crippen molar-refractivity contribution in [3.05, 3.63) is 10.4 Å². The summed E-state index contributed by atoms with van der Waals surface area (Å²) in [7, 11) is 0. The first-order chi connectivity index (χ1) is 11.0. The standard InChI is InChI=1S/C14H23N7O2/c1-4-6-21(7-8(3)5-2)11-12(22)17-9(10(15)18-11)13-19-20-14(16)23-13/h8H,4-7H2,1-3H3,(H2,15,18)(H2,16,20)(H,17,22). The van der Waals surface area contributed by atoms with Crippen LogP contribution in [0.1, 0.15) is 33.6 Å². The molecule has 1 unspecified atom stereocenters. The summed E-state index contributed by atoms with van der Waals surface area (Å²) in [4.78, 5) is 21.3. The first-order valence-electron chi connectivity index (χ1n) is 7.70. The molecule has 0 aliphatic rings. The topological polar surface area (TPSA) is 140 Å². The van der Waals surface area contributed by atoms with Crippen LogP contribution in [0.5, 0.6) is 0 Å². The van der Waals surface area contributed by atoms with Crippen LogP contribution in [-0.2, 0) is 0 Å². The SMILES string of the molecule is CCCN(CC(C)CC)c1nc(N)c(-c2nnc(N)o2)[nH]c1=O. The fourth-order valence-electron chi connectivity index (χ4n) is 2.23. The number of aromatic nitrogens is 4. The molecule has 5 N–H and O–H groups in total. The summed E-state index contributed by atoms with van der Waals surface area (Å²) < 4.78 is 5.09. The number of anilines is 3. The molecule has 9 heteroatoms. The van der Waals surface area contributed by atoms with Crippen molar-refractivity contribution in [1.82, 2.24) is 20.2 Å². The van der Waals surface area contributed by atoms with Gasteiger partial charge in [-0.05, 0) is 12.3 Å². The van der Waals surface area contributed by atoms with Crippen LogP contribution >= 0.6 is 0 Å². The van der Waals surface area contributed by atoms with Gasteiger partial charge in [0.2, 0.25) is 0 Å². The molecule has 0 amide bonds. The van der Waals surface area contributed by atoms with Crippen LogP contribution in [-0.4, -0.2) is 33.3 Å². The summed E-state index contributed by atoms with van der Waals surface area (Å²) in [5.41, 5.74) is 11.2. The van der Waals surface area contributed by atoms with E-state index < -0.39 is 0 Å². The van der Waals surface area contributed by atoms with Crippen molar-refractivity contribution < 1.29 is 4.42 Å². The Labute approximate surface area is 134 Å². The summed E-state index contributed by atoms with van der Waals surface area (Å²) in [6, 6.07) is -0.103. The quantitative estimate of drug-likeness (QED) is 0.692. The molecule has 1 atom stereocenters. The summed E-state index contributed by atoms with van der Waals surface area (Å²) in [5, 5.41) is 7.26. The van der Waals surface area contributed by atoms with Gasteiger partial charge in [-0.2, -0.15) is 0 Å². The second-order valence-electron chi connectivity index (χ2n) is 5.55. The van der Waals surface area contributed by atoms with Crippen molar-refractivity contribution in [2.75, 3.05) is 29.5 Å². The van der Waals surface area contributed by atoms with Gasteiger partial charge in [0.25, 0.3) is 11.4 Å². The third-order valence-electron chi connectivity index (χ3n) is 3.60. The lowest BCUT2D eigenvalue weighted by Crippen LogP contribution is -2.35. The van der Waals surface area contributed by atoms with Crippen LogP contribution in [0.3, 0.4) is 0 Å². The van der Waals surface area contributed by atoms with Gasteiger partial charge in [-0.15, -0.1) is 5.10 Å². The van der Waals surface area contributed by atoms with Gasteiger partial charge in [-0.1, -0.05) is 32.3 Å². The number of H-pyrrole nitrogens is 1. The second kappa shape index (κ2) is 7.12. The zero-order valence-electron chi connectivity index (χ0n) is 13.7. The van der Waals surface area contributed by atoms with Crippen LogP contribution in [0.15, 0.2) is 9.21 Å². The highest BCUT2D eigenvalue weighted by molar-refractivity contribution is 5.64. The highest BCUT2D eigenvalue weighted by atomic mass is 16.4. The van der Waals surface area contributed by atoms with E-state index in [-0.39, 0.29) is 29.0 Å². The van der Waals surface area contributed by atoms with E-state index in [9.17, 15) is 4.79 Å². The summed E-state index contributed by atoms with van der Waals surface area (Å²) >= 11 is 0. The molecule has 0 fully saturated rings. The van der Waals surface area contributed by atoms with E-state index in [1.165, 1.54) is 0 Å². The molecule has 0 bridgehead atoms. The van der Waals surface area contributed by atoms with Crippen molar-refractivity contribution >= 4 is 17.7 Å². The minimum atomic E-state index is -0.345. The molecule has 0 radical (unpaired) electrons. The molecule has 2 heterocycles. The van der Waals surface area contributed by atoms with Gasteiger partial charge < -0.3 is 25.8 Å². The van der Waals surface area contributed by atoms with E-state index in [0.29, 0.717) is 11.7 Å². The maximum Gasteiger partial charge on any atom is 0.313 e. The predicted octanol–water partition coefficient (Wildman–Crippen LogP) is 1.25. The molecular weight excluding hydrogens is 298 g/mol. The maximum absolute atomic E-state index is 12.4. The summed E-state index contributed by atoms with van der Waals surface area (Å²) in [6.45, 7) is 7.77. The molecule has 0 spiro atoms. The molecule has 2 aromatic heterocycles. The van der Waals surface area contributed by atoms with Gasteiger partial charge in [0.05, 0.1) is 0 Å². The van der Waals surface area contributed by atoms with Gasteiger partial charge >= 0.3 is 6.01 Å². The molecule has 0 aliphatic heterocycles. The molecule has 9 nitrogen and oxygen atoms in total. The lowest BCUT2D eigenvalue weighted by molar-refractivity contribution is 0.537. The minimum Gasteiger partial charge on any atom is -0.402 e. The van der Waals surface area contributed by atoms with Gasteiger partial charge in [-0.25, -0.2) is 4.98 Å². The Bertz CT molecular complexity index is 709. The largest absolute Gasteiger partial charge is 0.402 e. The Morgan fingerprint density at radius 2 is 2.04 bits per heavy atom. The first-order valence-corrected chi connectivity index (χ1v) is 7.70. The smallest absolute Gasteiger partial charge is 0.313 e. The van der Waals surface area contributed by atoms with Gasteiger partial charge in [-0.3, -0.25) is 4.79 Å². The molecular formula is C14H23N7O2. The fourth-order valence-corrected chi connectivity index (χ4v) is 2.23. The van der Waals surface area contributed by atoms with Crippen LogP contribution in [0.2, 0.25) is 0 Å². The van der Waals surface area contributed by atoms with Crippen molar-refractivity contribution in [2.45, 2.75) is 33.6 Å². The number of nitrogens with zero attached hydrogens (tertiary/aromatic N) is 4. The van der Waals surface area contributed by atoms with Crippen LogP contribution in [0.4, 0.5) is 17.7 Å². The van der Waals surface area contributed by atoms with E-state index in [2.05, 4.69) is 40.9 Å². The number of nitrogens with two attached hydrogens (primary N) is 2. The number of nitrogen functional groups attached to an aromatic ring is 2. The zero-order chi connectivity index (χ0) is 17.0. The van der Waals surface area contributed by atoms with Crippen LogP contribution in [0, 0.1) is 5.92 Å². The minimum absolute atomic E-state index is 0.0418. The predicted molar refractivity (Wildman–Crippen MR) is 88.9 cm³/mol. The van der Waals surface area contributed by atoms with Crippen molar-refractivity contribution in [2.24, 2.45) is 5.92 Å². The monoisotopic (exact) mass is 321 g/mol. The summed E-state index contributed by atoms with van der Waals surface area (Å²) in [6.07, 6.45) is 1.92. The van der Waals surface area contributed by atoms with Crippen molar-refractivity contribution in [1.29, 1.82) is 0 Å².